The maximum absolute atomic E-state index is 12.3. The van der Waals surface area contributed by atoms with Crippen molar-refractivity contribution in [3.05, 3.63) is 59.2 Å². The number of benzene rings is 2. The number of likely N-dealkylation sites (N-methyl/N-ethyl adjacent to an activating group) is 1. The summed E-state index contributed by atoms with van der Waals surface area (Å²) in [5.74, 6) is 1.00. The first-order valence-electron chi connectivity index (χ1n) is 9.38. The quantitative estimate of drug-likeness (QED) is 0.751. The lowest BCUT2D eigenvalue weighted by molar-refractivity contribution is -0.130. The molecule has 0 radical (unpaired) electrons. The molecular formula is C21H25N3O4S. The molecule has 0 saturated heterocycles. The Morgan fingerprint density at radius 1 is 1.14 bits per heavy atom. The molecule has 1 aliphatic heterocycles. The zero-order chi connectivity index (χ0) is 21.0. The second-order valence-corrected chi connectivity index (χ2v) is 8.72. The highest BCUT2D eigenvalue weighted by Gasteiger charge is 2.29. The van der Waals surface area contributed by atoms with Gasteiger partial charge in [-0.15, -0.1) is 0 Å². The third kappa shape index (κ3) is 5.14. The summed E-state index contributed by atoms with van der Waals surface area (Å²) in [5, 5.41) is 0. The van der Waals surface area contributed by atoms with E-state index >= 15 is 0 Å². The highest BCUT2D eigenvalue weighted by Crippen LogP contribution is 2.22. The summed E-state index contributed by atoms with van der Waals surface area (Å²) in [5.41, 5.74) is 2.80. The molecule has 1 aliphatic rings. The average molecular weight is 416 g/mol. The summed E-state index contributed by atoms with van der Waals surface area (Å²) in [4.78, 5) is 18.4. The van der Waals surface area contributed by atoms with Crippen molar-refractivity contribution in [3.8, 4) is 5.75 Å². The minimum atomic E-state index is -3.56. The van der Waals surface area contributed by atoms with Gasteiger partial charge < -0.3 is 9.64 Å². The Labute approximate surface area is 171 Å². The van der Waals surface area contributed by atoms with Crippen molar-refractivity contribution in [2.75, 3.05) is 26.7 Å². The number of hydrogen-bond acceptors (Lipinski definition) is 5. The van der Waals surface area contributed by atoms with Crippen molar-refractivity contribution in [2.45, 2.75) is 25.2 Å². The number of fused-ring (bicyclic) bond motifs is 1. The molecule has 8 heteroatoms. The lowest BCUT2D eigenvalue weighted by Crippen LogP contribution is -2.31. The predicted molar refractivity (Wildman–Crippen MR) is 112 cm³/mol. The first-order chi connectivity index (χ1) is 13.8. The molecule has 29 heavy (non-hydrogen) atoms. The fourth-order valence-corrected chi connectivity index (χ4v) is 4.40. The number of aliphatic imine (C=N–C) groups is 1. The number of sulfonamides is 1. The molecule has 1 heterocycles. The molecule has 0 spiro atoms. The third-order valence-corrected chi connectivity index (χ3v) is 5.97. The Morgan fingerprint density at radius 2 is 1.83 bits per heavy atom. The lowest BCUT2D eigenvalue weighted by atomic mass is 10.1. The summed E-state index contributed by atoms with van der Waals surface area (Å²) in [6.45, 7) is 5.08. The van der Waals surface area contributed by atoms with Crippen molar-refractivity contribution < 1.29 is 17.9 Å². The maximum atomic E-state index is 12.3. The van der Waals surface area contributed by atoms with Gasteiger partial charge in [-0.3, -0.25) is 14.5 Å². The van der Waals surface area contributed by atoms with E-state index in [0.29, 0.717) is 18.7 Å². The van der Waals surface area contributed by atoms with E-state index < -0.39 is 10.0 Å². The number of rotatable bonds is 7. The van der Waals surface area contributed by atoms with Gasteiger partial charge in [0, 0.05) is 19.0 Å². The fourth-order valence-electron chi connectivity index (χ4n) is 3.15. The van der Waals surface area contributed by atoms with E-state index in [2.05, 4.69) is 15.8 Å². The van der Waals surface area contributed by atoms with Crippen molar-refractivity contribution >= 4 is 21.8 Å². The lowest BCUT2D eigenvalue weighted by Gasteiger charge is -2.17. The van der Waals surface area contributed by atoms with Crippen molar-refractivity contribution in [3.63, 3.8) is 0 Å². The number of amides is 1. The van der Waals surface area contributed by atoms with Gasteiger partial charge in [0.05, 0.1) is 18.0 Å². The molecule has 154 valence electrons. The molecule has 0 aliphatic carbocycles. The first kappa shape index (κ1) is 20.9. The zero-order valence-electron chi connectivity index (χ0n) is 16.8. The molecule has 0 aromatic heterocycles. The number of nitrogens with one attached hydrogen (secondary N) is 1. The topological polar surface area (TPSA) is 88.1 Å². The van der Waals surface area contributed by atoms with Crippen LogP contribution < -0.4 is 9.46 Å². The van der Waals surface area contributed by atoms with E-state index in [-0.39, 0.29) is 29.6 Å². The Kier molecular flexibility index (Phi) is 6.22. The SMILES string of the molecule is Cc1cc(C)cc(OCCN(C)C(=O)CCN=C2NS(=O)(=O)c3ccccc32)c1. The molecule has 0 fully saturated rings. The fraction of sp³-hybridized carbons (Fsp3) is 0.333. The monoisotopic (exact) mass is 415 g/mol. The minimum absolute atomic E-state index is 0.0764. The van der Waals surface area contributed by atoms with Gasteiger partial charge in [0.1, 0.15) is 18.2 Å². The van der Waals surface area contributed by atoms with Crippen LogP contribution in [-0.2, 0) is 14.8 Å². The van der Waals surface area contributed by atoms with E-state index in [9.17, 15) is 13.2 Å². The van der Waals surface area contributed by atoms with Gasteiger partial charge >= 0.3 is 0 Å². The Morgan fingerprint density at radius 3 is 2.55 bits per heavy atom. The minimum Gasteiger partial charge on any atom is -0.492 e. The Bertz CT molecular complexity index is 1030. The van der Waals surface area contributed by atoms with Gasteiger partial charge in [0.2, 0.25) is 5.91 Å². The number of aryl methyl sites for hydroxylation is 2. The molecule has 1 N–H and O–H groups in total. The highest BCUT2D eigenvalue weighted by atomic mass is 32.2. The molecule has 0 bridgehead atoms. The zero-order valence-corrected chi connectivity index (χ0v) is 17.6. The van der Waals surface area contributed by atoms with Gasteiger partial charge in [-0.05, 0) is 49.2 Å². The van der Waals surface area contributed by atoms with Gasteiger partial charge in [-0.25, -0.2) is 8.42 Å². The molecule has 2 aromatic rings. The molecule has 7 nitrogen and oxygen atoms in total. The second-order valence-electron chi connectivity index (χ2n) is 7.07. The van der Waals surface area contributed by atoms with Gasteiger partial charge in [0.25, 0.3) is 10.0 Å². The third-order valence-electron chi connectivity index (χ3n) is 4.57. The van der Waals surface area contributed by atoms with E-state index in [4.69, 9.17) is 4.74 Å². The van der Waals surface area contributed by atoms with Crippen LogP contribution in [0.5, 0.6) is 5.75 Å². The number of ether oxygens (including phenoxy) is 1. The van der Waals surface area contributed by atoms with Gasteiger partial charge in [0.15, 0.2) is 0 Å². The van der Waals surface area contributed by atoms with Crippen LogP contribution in [0.2, 0.25) is 0 Å². The smallest absolute Gasteiger partial charge is 0.263 e. The maximum Gasteiger partial charge on any atom is 0.263 e. The standard InChI is InChI=1S/C21H25N3O4S/c1-15-12-16(2)14-17(13-15)28-11-10-24(3)20(25)8-9-22-21-18-6-4-5-7-19(18)29(26,27)23-21/h4-7,12-14H,8-11H2,1-3H3,(H,22,23). The van der Waals surface area contributed by atoms with Crippen LogP contribution in [-0.4, -0.2) is 51.8 Å². The van der Waals surface area contributed by atoms with E-state index in [0.717, 1.165) is 16.9 Å². The van der Waals surface area contributed by atoms with E-state index in [1.54, 1.807) is 30.1 Å². The van der Waals surface area contributed by atoms with Crippen LogP contribution in [0.1, 0.15) is 23.1 Å². The number of carbonyl (C=O) groups excluding carboxylic acids is 1. The van der Waals surface area contributed by atoms with E-state index in [1.165, 1.54) is 6.07 Å². The normalized spacial score (nSPS) is 15.6. The van der Waals surface area contributed by atoms with Gasteiger partial charge in [-0.1, -0.05) is 18.2 Å². The van der Waals surface area contributed by atoms with Crippen molar-refractivity contribution in [1.82, 2.24) is 9.62 Å². The molecule has 2 aromatic carbocycles. The first-order valence-corrected chi connectivity index (χ1v) is 10.9. The molecule has 0 unspecified atom stereocenters. The molecule has 0 saturated carbocycles. The molecular weight excluding hydrogens is 390 g/mol. The van der Waals surface area contributed by atoms with Crippen LogP contribution in [0.4, 0.5) is 0 Å². The Hall–Kier alpha value is -2.87. The summed E-state index contributed by atoms with van der Waals surface area (Å²) >= 11 is 0. The van der Waals surface area contributed by atoms with E-state index in [1.807, 2.05) is 26.0 Å². The molecule has 1 amide bonds. The van der Waals surface area contributed by atoms with Gasteiger partial charge in [-0.2, -0.15) is 0 Å². The van der Waals surface area contributed by atoms with Crippen molar-refractivity contribution in [1.29, 1.82) is 0 Å². The highest BCUT2D eigenvalue weighted by molar-refractivity contribution is 7.90. The van der Waals surface area contributed by atoms with Crippen LogP contribution in [0.3, 0.4) is 0 Å². The number of carbonyl (C=O) groups is 1. The number of hydrogen-bond donors (Lipinski definition) is 1. The Balaban J connectivity index is 1.49. The molecule has 0 atom stereocenters. The van der Waals surface area contributed by atoms with Crippen LogP contribution in [0.25, 0.3) is 0 Å². The number of amidine groups is 1. The largest absolute Gasteiger partial charge is 0.492 e. The molecule has 3 rings (SSSR count). The summed E-state index contributed by atoms with van der Waals surface area (Å²) in [7, 11) is -1.84. The summed E-state index contributed by atoms with van der Waals surface area (Å²) in [6.07, 6.45) is 0.188. The predicted octanol–water partition coefficient (Wildman–Crippen LogP) is 2.27. The van der Waals surface area contributed by atoms with Crippen LogP contribution in [0, 0.1) is 13.8 Å². The van der Waals surface area contributed by atoms with Crippen LogP contribution in [0.15, 0.2) is 52.4 Å². The summed E-state index contributed by atoms with van der Waals surface area (Å²) < 4.78 is 32.3. The number of nitrogens with zero attached hydrogens (tertiary/aromatic N) is 2. The summed E-state index contributed by atoms with van der Waals surface area (Å²) in [6, 6.07) is 12.7. The average Bonchev–Trinajstić information content (AvgIpc) is 2.91. The van der Waals surface area contributed by atoms with Crippen LogP contribution >= 0.6 is 0 Å². The van der Waals surface area contributed by atoms with Crippen molar-refractivity contribution in [2.24, 2.45) is 4.99 Å². The second kappa shape index (κ2) is 8.65.